The number of carboxylic acids is 1. The van der Waals surface area contributed by atoms with E-state index in [-0.39, 0.29) is 5.92 Å². The van der Waals surface area contributed by atoms with E-state index >= 15 is 0 Å². The van der Waals surface area contributed by atoms with E-state index in [4.69, 9.17) is 0 Å². The Morgan fingerprint density at radius 2 is 2.07 bits per heavy atom. The van der Waals surface area contributed by atoms with E-state index in [1.165, 1.54) is 12.8 Å². The second kappa shape index (κ2) is 6.41. The molecule has 3 heteroatoms. The van der Waals surface area contributed by atoms with Crippen LogP contribution in [0, 0.1) is 5.92 Å². The molecule has 0 aromatic carbocycles. The molecule has 0 aromatic heterocycles. The molecule has 0 bridgehead atoms. The van der Waals surface area contributed by atoms with Crippen molar-refractivity contribution >= 4 is 17.7 Å². The molecule has 88 valence electrons. The lowest BCUT2D eigenvalue weighted by atomic mass is 10.0. The molecule has 0 saturated heterocycles. The molecule has 3 unspecified atom stereocenters. The number of carbonyl (C=O) groups is 1. The molecule has 3 atom stereocenters. The molecule has 0 aliphatic heterocycles. The summed E-state index contributed by atoms with van der Waals surface area (Å²) in [5.41, 5.74) is 0. The van der Waals surface area contributed by atoms with Crippen molar-refractivity contribution in [2.45, 2.75) is 62.9 Å². The first-order valence-electron chi connectivity index (χ1n) is 6.03. The van der Waals surface area contributed by atoms with E-state index in [0.29, 0.717) is 10.5 Å². The number of carboxylic acid groups (broad SMARTS) is 1. The van der Waals surface area contributed by atoms with Crippen LogP contribution in [0.25, 0.3) is 0 Å². The largest absolute Gasteiger partial charge is 0.481 e. The molecule has 0 heterocycles. The summed E-state index contributed by atoms with van der Waals surface area (Å²) in [6, 6.07) is 0. The Bertz CT molecular complexity index is 206. The molecule has 1 fully saturated rings. The Kier molecular flexibility index (Phi) is 5.51. The van der Waals surface area contributed by atoms with Gasteiger partial charge in [0, 0.05) is 10.5 Å². The number of rotatable bonds is 4. The summed E-state index contributed by atoms with van der Waals surface area (Å²) >= 11 is 1.89. The van der Waals surface area contributed by atoms with Gasteiger partial charge in [-0.15, -0.1) is 0 Å². The summed E-state index contributed by atoms with van der Waals surface area (Å²) in [4.78, 5) is 11.2. The zero-order chi connectivity index (χ0) is 11.3. The van der Waals surface area contributed by atoms with Crippen LogP contribution in [-0.2, 0) is 4.79 Å². The third kappa shape index (κ3) is 4.06. The summed E-state index contributed by atoms with van der Waals surface area (Å²) in [5, 5.41) is 10.1. The first-order chi connectivity index (χ1) is 7.15. The lowest BCUT2D eigenvalue weighted by Gasteiger charge is -2.23. The van der Waals surface area contributed by atoms with E-state index in [9.17, 15) is 9.90 Å². The highest BCUT2D eigenvalue weighted by molar-refractivity contribution is 8.00. The van der Waals surface area contributed by atoms with Gasteiger partial charge in [0.1, 0.15) is 0 Å². The molecule has 0 aromatic rings. The molecule has 1 rings (SSSR count). The Hall–Kier alpha value is -0.180. The summed E-state index contributed by atoms with van der Waals surface area (Å²) in [6.45, 7) is 4.37. The van der Waals surface area contributed by atoms with Gasteiger partial charge in [-0.2, -0.15) is 11.8 Å². The molecular formula is C12H22O2S. The predicted molar refractivity (Wildman–Crippen MR) is 65.3 cm³/mol. The Labute approximate surface area is 96.8 Å². The summed E-state index contributed by atoms with van der Waals surface area (Å²) < 4.78 is 0. The van der Waals surface area contributed by atoms with Crippen molar-refractivity contribution in [1.29, 1.82) is 0 Å². The van der Waals surface area contributed by atoms with Gasteiger partial charge in [-0.3, -0.25) is 4.79 Å². The van der Waals surface area contributed by atoms with Crippen molar-refractivity contribution in [3.05, 3.63) is 0 Å². The summed E-state index contributed by atoms with van der Waals surface area (Å²) in [5.74, 6) is -0.691. The van der Waals surface area contributed by atoms with E-state index < -0.39 is 5.97 Å². The zero-order valence-electron chi connectivity index (χ0n) is 9.74. The highest BCUT2D eigenvalue weighted by atomic mass is 32.2. The fraction of sp³-hybridized carbons (Fsp3) is 0.917. The van der Waals surface area contributed by atoms with Gasteiger partial charge in [0.05, 0.1) is 5.92 Å². The van der Waals surface area contributed by atoms with Gasteiger partial charge in [0.2, 0.25) is 0 Å². The van der Waals surface area contributed by atoms with Crippen LogP contribution in [0.2, 0.25) is 0 Å². The third-order valence-electron chi connectivity index (χ3n) is 3.25. The second-order valence-electron chi connectivity index (χ2n) is 4.48. The van der Waals surface area contributed by atoms with E-state index in [1.54, 1.807) is 0 Å². The first-order valence-corrected chi connectivity index (χ1v) is 6.97. The van der Waals surface area contributed by atoms with Gasteiger partial charge < -0.3 is 5.11 Å². The van der Waals surface area contributed by atoms with Crippen LogP contribution in [0.4, 0.5) is 0 Å². The van der Waals surface area contributed by atoms with Crippen molar-refractivity contribution in [2.75, 3.05) is 0 Å². The number of hydrogen-bond acceptors (Lipinski definition) is 2. The molecule has 2 nitrogen and oxygen atoms in total. The van der Waals surface area contributed by atoms with Crippen LogP contribution in [0.1, 0.15) is 52.4 Å². The van der Waals surface area contributed by atoms with Crippen LogP contribution in [0.15, 0.2) is 0 Å². The van der Waals surface area contributed by atoms with Gasteiger partial charge in [-0.25, -0.2) is 0 Å². The Balaban J connectivity index is 2.57. The van der Waals surface area contributed by atoms with Crippen LogP contribution in [0.3, 0.4) is 0 Å². The lowest BCUT2D eigenvalue weighted by molar-refractivity contribution is -0.141. The van der Waals surface area contributed by atoms with Crippen LogP contribution in [-0.4, -0.2) is 21.6 Å². The van der Waals surface area contributed by atoms with Gasteiger partial charge in [0.15, 0.2) is 0 Å². The summed E-state index contributed by atoms with van der Waals surface area (Å²) in [7, 11) is 0. The van der Waals surface area contributed by atoms with Gasteiger partial charge in [-0.1, -0.05) is 33.1 Å². The molecule has 1 saturated carbocycles. The molecule has 1 aliphatic rings. The molecule has 1 N–H and O–H groups in total. The molecule has 0 amide bonds. The van der Waals surface area contributed by atoms with Crippen LogP contribution in [0.5, 0.6) is 0 Å². The molecular weight excluding hydrogens is 208 g/mol. The quantitative estimate of drug-likeness (QED) is 0.750. The van der Waals surface area contributed by atoms with Gasteiger partial charge in [0.25, 0.3) is 0 Å². The van der Waals surface area contributed by atoms with Crippen molar-refractivity contribution in [3.8, 4) is 0 Å². The standard InChI is InChI=1S/C12H22O2S/c1-3-9(2)15-11-8-6-4-5-7-10(11)12(13)14/h9-11H,3-8H2,1-2H3,(H,13,14). The van der Waals surface area contributed by atoms with E-state index in [1.807, 2.05) is 11.8 Å². The molecule has 0 radical (unpaired) electrons. The Morgan fingerprint density at radius 1 is 1.40 bits per heavy atom. The minimum atomic E-state index is -0.585. The lowest BCUT2D eigenvalue weighted by Crippen LogP contribution is -2.26. The van der Waals surface area contributed by atoms with Crippen LogP contribution >= 0.6 is 11.8 Å². The van der Waals surface area contributed by atoms with Gasteiger partial charge >= 0.3 is 5.97 Å². The van der Waals surface area contributed by atoms with Crippen molar-refractivity contribution in [1.82, 2.24) is 0 Å². The fourth-order valence-corrected chi connectivity index (χ4v) is 3.65. The topological polar surface area (TPSA) is 37.3 Å². The maximum Gasteiger partial charge on any atom is 0.307 e. The second-order valence-corrected chi connectivity index (χ2v) is 6.16. The normalized spacial score (nSPS) is 29.5. The van der Waals surface area contributed by atoms with Crippen molar-refractivity contribution in [3.63, 3.8) is 0 Å². The molecule has 0 spiro atoms. The van der Waals surface area contributed by atoms with Crippen molar-refractivity contribution < 1.29 is 9.90 Å². The van der Waals surface area contributed by atoms with Gasteiger partial charge in [-0.05, 0) is 19.3 Å². The highest BCUT2D eigenvalue weighted by Crippen LogP contribution is 2.35. The number of aliphatic carboxylic acids is 1. The molecule has 15 heavy (non-hydrogen) atoms. The number of thioether (sulfide) groups is 1. The van der Waals surface area contributed by atoms with E-state index in [0.717, 1.165) is 25.7 Å². The SMILES string of the molecule is CCC(C)SC1CCCCCC1C(=O)O. The highest BCUT2D eigenvalue weighted by Gasteiger charge is 2.30. The summed E-state index contributed by atoms with van der Waals surface area (Å²) in [6.07, 6.45) is 6.61. The average Bonchev–Trinajstić information content (AvgIpc) is 2.43. The maximum absolute atomic E-state index is 11.2. The minimum Gasteiger partial charge on any atom is -0.481 e. The first kappa shape index (κ1) is 12.9. The number of hydrogen-bond donors (Lipinski definition) is 1. The Morgan fingerprint density at radius 3 is 2.67 bits per heavy atom. The predicted octanol–water partition coefficient (Wildman–Crippen LogP) is 3.55. The monoisotopic (exact) mass is 230 g/mol. The van der Waals surface area contributed by atoms with Crippen molar-refractivity contribution in [2.24, 2.45) is 5.92 Å². The smallest absolute Gasteiger partial charge is 0.307 e. The average molecular weight is 230 g/mol. The minimum absolute atomic E-state index is 0.105. The van der Waals surface area contributed by atoms with E-state index in [2.05, 4.69) is 13.8 Å². The molecule has 1 aliphatic carbocycles. The fourth-order valence-electron chi connectivity index (χ4n) is 2.11. The third-order valence-corrected chi connectivity index (χ3v) is 4.96. The zero-order valence-corrected chi connectivity index (χ0v) is 10.6. The maximum atomic E-state index is 11.2. The van der Waals surface area contributed by atoms with Crippen LogP contribution < -0.4 is 0 Å².